The molecule has 1 aromatic heterocycles. The first kappa shape index (κ1) is 28.5. The van der Waals surface area contributed by atoms with Gasteiger partial charge < -0.3 is 9.84 Å². The van der Waals surface area contributed by atoms with Gasteiger partial charge in [0.25, 0.3) is 0 Å². The zero-order valence-corrected chi connectivity index (χ0v) is 22.2. The van der Waals surface area contributed by atoms with Crippen molar-refractivity contribution < 1.29 is 27.8 Å². The summed E-state index contributed by atoms with van der Waals surface area (Å²) in [5.41, 5.74) is -0.141. The number of aryl methyl sites for hydroxylation is 1. The van der Waals surface area contributed by atoms with Gasteiger partial charge in [-0.2, -0.15) is 13.2 Å². The molecule has 0 radical (unpaired) electrons. The van der Waals surface area contributed by atoms with Crippen molar-refractivity contribution >= 4 is 17.0 Å². The van der Waals surface area contributed by atoms with E-state index in [1.54, 1.807) is 6.07 Å². The maximum atomic E-state index is 13.5. The molecule has 0 aliphatic carbocycles. The Hall–Kier alpha value is -3.10. The molecule has 3 aromatic rings. The van der Waals surface area contributed by atoms with Crippen molar-refractivity contribution in [2.75, 3.05) is 6.61 Å². The normalized spacial score (nSPS) is 12.5. The van der Waals surface area contributed by atoms with Crippen LogP contribution in [0.3, 0.4) is 0 Å². The molecule has 1 heterocycles. The van der Waals surface area contributed by atoms with Crippen molar-refractivity contribution in [3.8, 4) is 11.4 Å². The number of rotatable bonds is 10. The molecule has 0 unspecified atom stereocenters. The lowest BCUT2D eigenvalue weighted by Gasteiger charge is -2.23. The van der Waals surface area contributed by atoms with E-state index >= 15 is 0 Å². The smallest absolute Gasteiger partial charge is 0.418 e. The van der Waals surface area contributed by atoms with Crippen molar-refractivity contribution in [2.24, 2.45) is 5.92 Å². The largest absolute Gasteiger partial charge is 0.505 e. The van der Waals surface area contributed by atoms with Crippen molar-refractivity contribution in [3.63, 3.8) is 0 Å². The second-order valence-corrected chi connectivity index (χ2v) is 10.9. The number of phenols is 1. The molecule has 9 heteroatoms. The van der Waals surface area contributed by atoms with Crippen molar-refractivity contribution in [1.29, 1.82) is 0 Å². The first-order chi connectivity index (χ1) is 17.3. The fraction of sp³-hybridized carbons (Fsp3) is 0.536. The highest BCUT2D eigenvalue weighted by atomic mass is 19.4. The van der Waals surface area contributed by atoms with E-state index in [2.05, 4.69) is 24.0 Å². The molecule has 0 aliphatic rings. The van der Waals surface area contributed by atoms with Gasteiger partial charge in [-0.05, 0) is 47.9 Å². The molecule has 202 valence electrons. The van der Waals surface area contributed by atoms with E-state index in [0.29, 0.717) is 24.5 Å². The number of phenolic OH excluding ortho intramolecular Hbond substituents is 1. The quantitative estimate of drug-likeness (QED) is 0.228. The Morgan fingerprint density at radius 3 is 2.43 bits per heavy atom. The van der Waals surface area contributed by atoms with Gasteiger partial charge in [-0.1, -0.05) is 66.0 Å². The zero-order valence-electron chi connectivity index (χ0n) is 22.2. The lowest BCUT2D eigenvalue weighted by Crippen LogP contribution is -2.14. The van der Waals surface area contributed by atoms with Crippen molar-refractivity contribution in [2.45, 2.75) is 84.7 Å². The van der Waals surface area contributed by atoms with Crippen molar-refractivity contribution in [1.82, 2.24) is 15.0 Å². The maximum absolute atomic E-state index is 13.5. The molecule has 0 aliphatic heterocycles. The van der Waals surface area contributed by atoms with Crippen LogP contribution >= 0.6 is 0 Å². The number of hydrogen-bond donors (Lipinski definition) is 1. The first-order valence-electron chi connectivity index (χ1n) is 12.7. The minimum Gasteiger partial charge on any atom is -0.505 e. The standard InChI is InChI=1S/C28H36F3N3O3/c1-18(2)10-7-6-8-15-37-24(35)14-13-19-16-21(27(3,4)5)26(36)23(17-19)34-32-22-12-9-11-20(25(22)33-34)28(29,30)31/h9,11-12,16-18,36H,6-8,10,13-15H2,1-5H3. The number of carbonyl (C=O) groups is 1. The average molecular weight is 520 g/mol. The molecule has 0 saturated carbocycles. The predicted octanol–water partition coefficient (Wildman–Crippen LogP) is 7.13. The molecule has 0 saturated heterocycles. The van der Waals surface area contributed by atoms with E-state index in [1.807, 2.05) is 26.8 Å². The third-order valence-corrected chi connectivity index (χ3v) is 6.20. The summed E-state index contributed by atoms with van der Waals surface area (Å²) in [6, 6.07) is 7.09. The molecule has 3 rings (SSSR count). The lowest BCUT2D eigenvalue weighted by atomic mass is 9.84. The van der Waals surface area contributed by atoms with Gasteiger partial charge in [-0.3, -0.25) is 4.79 Å². The second-order valence-electron chi connectivity index (χ2n) is 10.9. The average Bonchev–Trinajstić information content (AvgIpc) is 3.23. The SMILES string of the molecule is CC(C)CCCCCOC(=O)CCc1cc(-n2nc3cccc(C(F)(F)F)c3n2)c(O)c(C(C)(C)C)c1. The third kappa shape index (κ3) is 7.46. The van der Waals surface area contributed by atoms with E-state index in [0.717, 1.165) is 42.1 Å². The Morgan fingerprint density at radius 2 is 1.78 bits per heavy atom. The number of esters is 1. The fourth-order valence-corrected chi connectivity index (χ4v) is 4.15. The Kier molecular flexibility index (Phi) is 8.87. The molecule has 0 amide bonds. The van der Waals surface area contributed by atoms with Crippen molar-refractivity contribution in [3.05, 3.63) is 47.0 Å². The molecule has 0 bridgehead atoms. The number of aromatic nitrogens is 3. The number of unbranched alkanes of at least 4 members (excludes halogenated alkanes) is 2. The Morgan fingerprint density at radius 1 is 1.05 bits per heavy atom. The topological polar surface area (TPSA) is 77.2 Å². The summed E-state index contributed by atoms with van der Waals surface area (Å²) in [5, 5.41) is 19.3. The predicted molar refractivity (Wildman–Crippen MR) is 137 cm³/mol. The van der Waals surface area contributed by atoms with Gasteiger partial charge in [0.1, 0.15) is 22.5 Å². The Balaban J connectivity index is 1.81. The number of aromatic hydroxyl groups is 1. The monoisotopic (exact) mass is 519 g/mol. The van der Waals surface area contributed by atoms with Gasteiger partial charge in [0, 0.05) is 12.0 Å². The summed E-state index contributed by atoms with van der Waals surface area (Å²) in [7, 11) is 0. The number of hydrogen-bond acceptors (Lipinski definition) is 5. The molecule has 1 N–H and O–H groups in total. The summed E-state index contributed by atoms with van der Waals surface area (Å²) in [4.78, 5) is 13.3. The van der Waals surface area contributed by atoms with E-state index in [4.69, 9.17) is 4.74 Å². The molecule has 0 fully saturated rings. The number of carbonyl (C=O) groups excluding carboxylic acids is 1. The summed E-state index contributed by atoms with van der Waals surface area (Å²) in [5.74, 6) is 0.236. The first-order valence-corrected chi connectivity index (χ1v) is 12.7. The lowest BCUT2D eigenvalue weighted by molar-refractivity contribution is -0.143. The summed E-state index contributed by atoms with van der Waals surface area (Å²) < 4.78 is 45.8. The van der Waals surface area contributed by atoms with Gasteiger partial charge in [0.05, 0.1) is 12.2 Å². The van der Waals surface area contributed by atoms with E-state index < -0.39 is 17.2 Å². The van der Waals surface area contributed by atoms with Gasteiger partial charge >= 0.3 is 12.1 Å². The van der Waals surface area contributed by atoms with E-state index in [1.165, 1.54) is 12.1 Å². The third-order valence-electron chi connectivity index (χ3n) is 6.20. The number of ether oxygens (including phenoxy) is 1. The van der Waals surface area contributed by atoms with Crippen LogP contribution in [0.25, 0.3) is 16.7 Å². The highest BCUT2D eigenvalue weighted by molar-refractivity contribution is 5.78. The van der Waals surface area contributed by atoms with Gasteiger partial charge in [0.15, 0.2) is 0 Å². The number of nitrogens with zero attached hydrogens (tertiary/aromatic N) is 3. The Labute approximate surface area is 215 Å². The van der Waals surface area contributed by atoms with E-state index in [9.17, 15) is 23.1 Å². The minimum atomic E-state index is -4.59. The number of benzene rings is 2. The van der Waals surface area contributed by atoms with E-state index in [-0.39, 0.29) is 34.9 Å². The van der Waals surface area contributed by atoms with Crippen LogP contribution < -0.4 is 0 Å². The summed E-state index contributed by atoms with van der Waals surface area (Å²) >= 11 is 0. The molecule has 0 spiro atoms. The van der Waals surface area contributed by atoms with Crippen LogP contribution in [0.4, 0.5) is 13.2 Å². The maximum Gasteiger partial charge on any atom is 0.418 e. The molecule has 6 nitrogen and oxygen atoms in total. The number of fused-ring (bicyclic) bond motifs is 1. The highest BCUT2D eigenvalue weighted by Gasteiger charge is 2.34. The van der Waals surface area contributed by atoms with Crippen LogP contribution in [0, 0.1) is 5.92 Å². The molecular formula is C28H36F3N3O3. The van der Waals surface area contributed by atoms with Gasteiger partial charge in [-0.25, -0.2) is 0 Å². The van der Waals surface area contributed by atoms with Gasteiger partial charge in [-0.15, -0.1) is 15.0 Å². The zero-order chi connectivity index (χ0) is 27.4. The van der Waals surface area contributed by atoms with Crippen LogP contribution in [0.2, 0.25) is 0 Å². The molecule has 2 aromatic carbocycles. The number of halogens is 3. The van der Waals surface area contributed by atoms with Crippen LogP contribution in [-0.2, 0) is 27.5 Å². The fourth-order valence-electron chi connectivity index (χ4n) is 4.15. The highest BCUT2D eigenvalue weighted by Crippen LogP contribution is 2.38. The molecular weight excluding hydrogens is 483 g/mol. The number of alkyl halides is 3. The van der Waals surface area contributed by atoms with Crippen LogP contribution in [0.5, 0.6) is 5.75 Å². The van der Waals surface area contributed by atoms with Crippen LogP contribution in [0.1, 0.15) is 83.4 Å². The van der Waals surface area contributed by atoms with Crippen LogP contribution in [0.15, 0.2) is 30.3 Å². The van der Waals surface area contributed by atoms with Gasteiger partial charge in [0.2, 0.25) is 0 Å². The second kappa shape index (κ2) is 11.5. The molecule has 37 heavy (non-hydrogen) atoms. The van der Waals surface area contributed by atoms with Crippen LogP contribution in [-0.4, -0.2) is 32.7 Å². The Bertz CT molecular complexity index is 1230. The summed E-state index contributed by atoms with van der Waals surface area (Å²) in [6.45, 7) is 10.5. The molecule has 0 atom stereocenters. The minimum absolute atomic E-state index is 0.0638. The summed E-state index contributed by atoms with van der Waals surface area (Å²) in [6.07, 6.45) is 0.0180.